The first-order chi connectivity index (χ1) is 9.83. The molecule has 5 nitrogen and oxygen atoms in total. The number of nitrogens with one attached hydrogen (secondary N) is 1. The summed E-state index contributed by atoms with van der Waals surface area (Å²) in [4.78, 5) is 0.0741. The van der Waals surface area contributed by atoms with Gasteiger partial charge in [0.15, 0.2) is 0 Å². The summed E-state index contributed by atoms with van der Waals surface area (Å²) >= 11 is 9.18. The van der Waals surface area contributed by atoms with Gasteiger partial charge in [-0.1, -0.05) is 11.6 Å². The van der Waals surface area contributed by atoms with Crippen molar-refractivity contribution >= 4 is 43.2 Å². The number of rotatable bonds is 4. The first-order valence-electron chi connectivity index (χ1n) is 5.79. The van der Waals surface area contributed by atoms with E-state index in [-0.39, 0.29) is 10.6 Å². The third-order valence-electron chi connectivity index (χ3n) is 2.67. The van der Waals surface area contributed by atoms with E-state index in [1.165, 1.54) is 25.2 Å². The number of hydrogen-bond acceptors (Lipinski definition) is 4. The maximum absolute atomic E-state index is 11.7. The minimum absolute atomic E-state index is 0.0741. The Balaban J connectivity index is 2.34. The van der Waals surface area contributed by atoms with E-state index in [0.717, 1.165) is 0 Å². The van der Waals surface area contributed by atoms with E-state index in [4.69, 9.17) is 22.1 Å². The third-order valence-corrected chi connectivity index (χ3v) is 4.94. The highest BCUT2D eigenvalue weighted by atomic mass is 79.9. The van der Waals surface area contributed by atoms with Gasteiger partial charge in [-0.25, -0.2) is 13.1 Å². The molecule has 21 heavy (non-hydrogen) atoms. The van der Waals surface area contributed by atoms with Gasteiger partial charge in [0.2, 0.25) is 10.0 Å². The average Bonchev–Trinajstić information content (AvgIpc) is 2.43. The zero-order valence-electron chi connectivity index (χ0n) is 10.9. The molecule has 0 radical (unpaired) electrons. The summed E-state index contributed by atoms with van der Waals surface area (Å²) in [7, 11) is -2.20. The predicted molar refractivity (Wildman–Crippen MR) is 86.3 cm³/mol. The lowest BCUT2D eigenvalue weighted by Crippen LogP contribution is -2.18. The van der Waals surface area contributed by atoms with E-state index in [9.17, 15) is 8.42 Å². The van der Waals surface area contributed by atoms with Crippen LogP contribution in [0, 0.1) is 0 Å². The second-order valence-corrected chi connectivity index (χ2v) is 7.26. The van der Waals surface area contributed by atoms with Crippen molar-refractivity contribution in [1.82, 2.24) is 4.72 Å². The SMILES string of the molecule is CNS(=O)(=O)c1ccc(Oc2ccc(Cl)cc2Br)c(N)c1. The summed E-state index contributed by atoms with van der Waals surface area (Å²) in [6.45, 7) is 0. The van der Waals surface area contributed by atoms with Crippen LogP contribution in [-0.2, 0) is 10.0 Å². The molecule has 0 saturated carbocycles. The number of anilines is 1. The average molecular weight is 392 g/mol. The van der Waals surface area contributed by atoms with E-state index >= 15 is 0 Å². The van der Waals surface area contributed by atoms with Crippen molar-refractivity contribution in [2.45, 2.75) is 4.90 Å². The molecule has 0 spiro atoms. The van der Waals surface area contributed by atoms with Gasteiger partial charge < -0.3 is 10.5 Å². The van der Waals surface area contributed by atoms with Crippen LogP contribution in [0.25, 0.3) is 0 Å². The summed E-state index contributed by atoms with van der Waals surface area (Å²) in [6, 6.07) is 9.31. The normalized spacial score (nSPS) is 11.4. The summed E-state index contributed by atoms with van der Waals surface area (Å²) in [6.07, 6.45) is 0. The largest absolute Gasteiger partial charge is 0.454 e. The molecular formula is C13H12BrClN2O3S. The lowest BCUT2D eigenvalue weighted by atomic mass is 10.3. The van der Waals surface area contributed by atoms with Crippen LogP contribution < -0.4 is 15.2 Å². The van der Waals surface area contributed by atoms with Gasteiger partial charge in [-0.05, 0) is 59.4 Å². The Morgan fingerprint density at radius 3 is 2.43 bits per heavy atom. The van der Waals surface area contributed by atoms with Gasteiger partial charge in [-0.2, -0.15) is 0 Å². The van der Waals surface area contributed by atoms with Crippen LogP contribution >= 0.6 is 27.5 Å². The lowest BCUT2D eigenvalue weighted by molar-refractivity contribution is 0.481. The van der Waals surface area contributed by atoms with Crippen LogP contribution in [-0.4, -0.2) is 15.5 Å². The molecule has 0 amide bonds. The molecule has 2 aromatic carbocycles. The molecule has 2 aromatic rings. The number of sulfonamides is 1. The molecule has 0 bridgehead atoms. The molecule has 0 fully saturated rings. The Morgan fingerprint density at radius 1 is 1.19 bits per heavy atom. The fraction of sp³-hybridized carbons (Fsp3) is 0.0769. The van der Waals surface area contributed by atoms with Crippen molar-refractivity contribution < 1.29 is 13.2 Å². The highest BCUT2D eigenvalue weighted by Gasteiger charge is 2.14. The van der Waals surface area contributed by atoms with Gasteiger partial charge in [-0.3, -0.25) is 0 Å². The number of ether oxygens (including phenoxy) is 1. The van der Waals surface area contributed by atoms with Crippen LogP contribution in [0.5, 0.6) is 11.5 Å². The van der Waals surface area contributed by atoms with Gasteiger partial charge in [0, 0.05) is 5.02 Å². The number of benzene rings is 2. The van der Waals surface area contributed by atoms with Crippen molar-refractivity contribution in [3.63, 3.8) is 0 Å². The van der Waals surface area contributed by atoms with E-state index in [0.29, 0.717) is 21.0 Å². The van der Waals surface area contributed by atoms with Crippen LogP contribution in [0.3, 0.4) is 0 Å². The van der Waals surface area contributed by atoms with Crippen molar-refractivity contribution in [3.8, 4) is 11.5 Å². The highest BCUT2D eigenvalue weighted by Crippen LogP contribution is 2.35. The van der Waals surface area contributed by atoms with Crippen LogP contribution in [0.1, 0.15) is 0 Å². The van der Waals surface area contributed by atoms with Gasteiger partial charge in [0.05, 0.1) is 15.1 Å². The van der Waals surface area contributed by atoms with E-state index in [2.05, 4.69) is 20.7 Å². The Hall–Kier alpha value is -1.28. The molecule has 0 heterocycles. The highest BCUT2D eigenvalue weighted by molar-refractivity contribution is 9.10. The Kier molecular flexibility index (Phi) is 4.77. The van der Waals surface area contributed by atoms with Gasteiger partial charge in [-0.15, -0.1) is 0 Å². The standard InChI is InChI=1S/C13H12BrClN2O3S/c1-17-21(18,19)9-3-5-13(11(16)7-9)20-12-4-2-8(15)6-10(12)14/h2-7,17H,16H2,1H3. The molecule has 0 aliphatic carbocycles. The maximum atomic E-state index is 11.7. The Morgan fingerprint density at radius 2 is 1.86 bits per heavy atom. The number of nitrogens with two attached hydrogens (primary N) is 1. The van der Waals surface area contributed by atoms with Crippen molar-refractivity contribution in [2.75, 3.05) is 12.8 Å². The fourth-order valence-corrected chi connectivity index (χ4v) is 3.11. The maximum Gasteiger partial charge on any atom is 0.240 e. The molecule has 2 rings (SSSR count). The number of hydrogen-bond donors (Lipinski definition) is 2. The van der Waals surface area contributed by atoms with Gasteiger partial charge >= 0.3 is 0 Å². The topological polar surface area (TPSA) is 81.4 Å². The lowest BCUT2D eigenvalue weighted by Gasteiger charge is -2.11. The van der Waals surface area contributed by atoms with Gasteiger partial charge in [0.1, 0.15) is 11.5 Å². The summed E-state index contributed by atoms with van der Waals surface area (Å²) in [5.41, 5.74) is 6.06. The molecule has 0 aliphatic rings. The molecule has 112 valence electrons. The van der Waals surface area contributed by atoms with Crippen LogP contribution in [0.4, 0.5) is 5.69 Å². The van der Waals surface area contributed by atoms with Crippen molar-refractivity contribution in [2.24, 2.45) is 0 Å². The molecule has 0 atom stereocenters. The fourth-order valence-electron chi connectivity index (χ4n) is 1.58. The summed E-state index contributed by atoms with van der Waals surface area (Å²) < 4.78 is 31.9. The van der Waals surface area contributed by atoms with Crippen LogP contribution in [0.2, 0.25) is 5.02 Å². The zero-order chi connectivity index (χ0) is 15.6. The van der Waals surface area contributed by atoms with Gasteiger partial charge in [0.25, 0.3) is 0 Å². The molecule has 0 aliphatic heterocycles. The van der Waals surface area contributed by atoms with Crippen molar-refractivity contribution in [3.05, 3.63) is 45.9 Å². The second kappa shape index (κ2) is 6.23. The molecule has 8 heteroatoms. The minimum atomic E-state index is -3.54. The molecule has 0 saturated heterocycles. The molecular weight excluding hydrogens is 380 g/mol. The third kappa shape index (κ3) is 3.68. The Bertz CT molecular complexity index is 781. The van der Waals surface area contributed by atoms with E-state index in [1.807, 2.05) is 0 Å². The Labute approximate surface area is 136 Å². The number of halogens is 2. The monoisotopic (exact) mass is 390 g/mol. The summed E-state index contributed by atoms with van der Waals surface area (Å²) in [5, 5.41) is 0.567. The van der Waals surface area contributed by atoms with Crippen LogP contribution in [0.15, 0.2) is 45.8 Å². The smallest absolute Gasteiger partial charge is 0.240 e. The first kappa shape index (κ1) is 16.1. The number of nitrogen functional groups attached to an aromatic ring is 1. The quantitative estimate of drug-likeness (QED) is 0.783. The first-order valence-corrected chi connectivity index (χ1v) is 8.45. The minimum Gasteiger partial charge on any atom is -0.454 e. The molecule has 3 N–H and O–H groups in total. The predicted octanol–water partition coefficient (Wildman–Crippen LogP) is 3.39. The van der Waals surface area contributed by atoms with Crippen molar-refractivity contribution in [1.29, 1.82) is 0 Å². The second-order valence-electron chi connectivity index (χ2n) is 4.08. The summed E-state index contributed by atoms with van der Waals surface area (Å²) in [5.74, 6) is 0.878. The molecule has 0 aromatic heterocycles. The zero-order valence-corrected chi connectivity index (χ0v) is 14.1. The van der Waals surface area contributed by atoms with E-state index in [1.54, 1.807) is 18.2 Å². The van der Waals surface area contributed by atoms with E-state index < -0.39 is 10.0 Å². The molecule has 0 unspecified atom stereocenters.